The molecule has 0 spiro atoms. The largest absolute Gasteiger partial charge is 0.480 e. The Bertz CT molecular complexity index is 444. The fraction of sp³-hybridized carbons (Fsp3) is 0.455. The molecule has 0 aliphatic carbocycles. The number of rotatable bonds is 4. The van der Waals surface area contributed by atoms with Crippen LogP contribution < -0.4 is 10.4 Å². The molecule has 0 radical (unpaired) electrons. The lowest BCUT2D eigenvalue weighted by molar-refractivity contribution is -0.135. The van der Waals surface area contributed by atoms with Crippen LogP contribution in [-0.4, -0.2) is 39.3 Å². The number of carboxylic acids is 1. The lowest BCUT2D eigenvalue weighted by Gasteiger charge is -2.24. The average molecular weight is 268 g/mol. The van der Waals surface area contributed by atoms with Crippen LogP contribution in [0, 0.1) is 0 Å². The van der Waals surface area contributed by atoms with E-state index < -0.39 is 24.2 Å². The molecule has 0 fully saturated rings. The Labute approximate surface area is 110 Å². The first-order chi connectivity index (χ1) is 8.78. The third-order valence-corrected chi connectivity index (χ3v) is 1.71. The maximum atomic E-state index is 11.6. The Morgan fingerprint density at radius 2 is 1.95 bits per heavy atom. The van der Waals surface area contributed by atoms with Crippen molar-refractivity contribution in [2.24, 2.45) is 0 Å². The zero-order chi connectivity index (χ0) is 14.5. The fourth-order valence-electron chi connectivity index (χ4n) is 1.14. The van der Waals surface area contributed by atoms with E-state index in [-0.39, 0.29) is 5.95 Å². The first-order valence-electron chi connectivity index (χ1n) is 5.54. The van der Waals surface area contributed by atoms with Crippen molar-refractivity contribution >= 4 is 18.0 Å². The fourth-order valence-corrected chi connectivity index (χ4v) is 1.14. The van der Waals surface area contributed by atoms with E-state index in [1.165, 1.54) is 12.4 Å². The molecule has 8 heteroatoms. The topological polar surface area (TPSA) is 105 Å². The van der Waals surface area contributed by atoms with Gasteiger partial charge in [-0.15, -0.1) is 0 Å². The minimum Gasteiger partial charge on any atom is -0.480 e. The predicted molar refractivity (Wildman–Crippen MR) is 66.4 cm³/mol. The predicted octanol–water partition coefficient (Wildman–Crippen LogP) is 0.807. The molecule has 0 aromatic carbocycles. The van der Waals surface area contributed by atoms with Crippen molar-refractivity contribution in [3.63, 3.8) is 0 Å². The third kappa shape index (κ3) is 5.66. The number of ether oxygens (including phenoxy) is 1. The molecule has 1 heterocycles. The van der Waals surface area contributed by atoms with E-state index in [2.05, 4.69) is 15.4 Å². The molecule has 2 N–H and O–H groups in total. The highest BCUT2D eigenvalue weighted by Crippen LogP contribution is 2.08. The minimum atomic E-state index is -1.14. The van der Waals surface area contributed by atoms with Gasteiger partial charge in [0.05, 0.1) is 0 Å². The van der Waals surface area contributed by atoms with Crippen LogP contribution in [0.2, 0.25) is 0 Å². The van der Waals surface area contributed by atoms with E-state index in [0.717, 1.165) is 5.01 Å². The molecule has 1 amide bonds. The van der Waals surface area contributed by atoms with Gasteiger partial charge in [-0.25, -0.2) is 25.2 Å². The number of carbonyl (C=O) groups excluding carboxylic acids is 1. The second-order valence-corrected chi connectivity index (χ2v) is 4.64. The van der Waals surface area contributed by atoms with Gasteiger partial charge in [0.1, 0.15) is 12.1 Å². The van der Waals surface area contributed by atoms with Crippen molar-refractivity contribution in [3.8, 4) is 0 Å². The van der Waals surface area contributed by atoms with Crippen LogP contribution in [-0.2, 0) is 9.53 Å². The summed E-state index contributed by atoms with van der Waals surface area (Å²) in [6.45, 7) is 4.62. The molecule has 1 aromatic heterocycles. The number of aromatic nitrogens is 2. The van der Waals surface area contributed by atoms with Gasteiger partial charge in [0.2, 0.25) is 5.95 Å². The molecule has 19 heavy (non-hydrogen) atoms. The van der Waals surface area contributed by atoms with Gasteiger partial charge in [-0.3, -0.25) is 4.79 Å². The molecule has 8 nitrogen and oxygen atoms in total. The number of hydrogen-bond acceptors (Lipinski definition) is 6. The minimum absolute atomic E-state index is 0.0655. The zero-order valence-corrected chi connectivity index (χ0v) is 11.0. The normalized spacial score (nSPS) is 10.7. The summed E-state index contributed by atoms with van der Waals surface area (Å²) in [6, 6.07) is 1.58. The Balaban J connectivity index is 2.76. The number of nitrogens with zero attached hydrogens (tertiary/aromatic N) is 3. The molecule has 0 saturated carbocycles. The zero-order valence-electron chi connectivity index (χ0n) is 11.0. The molecule has 0 saturated heterocycles. The maximum absolute atomic E-state index is 11.6. The smallest absolute Gasteiger partial charge is 0.426 e. The second-order valence-electron chi connectivity index (χ2n) is 4.64. The maximum Gasteiger partial charge on any atom is 0.426 e. The molecule has 0 aliphatic rings. The molecular weight excluding hydrogens is 252 g/mol. The Morgan fingerprint density at radius 3 is 2.42 bits per heavy atom. The number of hydrazine groups is 1. The number of amides is 1. The van der Waals surface area contributed by atoms with Gasteiger partial charge in [-0.2, -0.15) is 0 Å². The molecule has 1 rings (SSSR count). The van der Waals surface area contributed by atoms with Crippen molar-refractivity contribution in [3.05, 3.63) is 18.5 Å². The van der Waals surface area contributed by atoms with Crippen LogP contribution in [0.5, 0.6) is 0 Å². The van der Waals surface area contributed by atoms with Gasteiger partial charge in [0.15, 0.2) is 0 Å². The van der Waals surface area contributed by atoms with Crippen molar-refractivity contribution in [1.82, 2.24) is 15.4 Å². The lowest BCUT2D eigenvalue weighted by Crippen LogP contribution is -2.48. The van der Waals surface area contributed by atoms with Crippen LogP contribution in [0.25, 0.3) is 0 Å². The standard InChI is InChI=1S/C11H16N4O4/c1-11(2,3)19-10(18)14-15(7-8(16)17)9-12-5-4-6-13-9/h4-6H,7H2,1-3H3,(H,14,18)(H,16,17). The van der Waals surface area contributed by atoms with E-state index >= 15 is 0 Å². The third-order valence-electron chi connectivity index (χ3n) is 1.71. The molecule has 0 aliphatic heterocycles. The first-order valence-corrected chi connectivity index (χ1v) is 5.54. The van der Waals surface area contributed by atoms with E-state index in [0.29, 0.717) is 0 Å². The SMILES string of the molecule is CC(C)(C)OC(=O)NN(CC(=O)O)c1ncccn1. The first kappa shape index (κ1) is 14.7. The Hall–Kier alpha value is -2.38. The van der Waals surface area contributed by atoms with Gasteiger partial charge in [-0.1, -0.05) is 0 Å². The summed E-state index contributed by atoms with van der Waals surface area (Å²) in [7, 11) is 0. The van der Waals surface area contributed by atoms with Crippen LogP contribution >= 0.6 is 0 Å². The average Bonchev–Trinajstić information content (AvgIpc) is 2.26. The van der Waals surface area contributed by atoms with Crippen LogP contribution in [0.3, 0.4) is 0 Å². The van der Waals surface area contributed by atoms with Crippen LogP contribution in [0.15, 0.2) is 18.5 Å². The number of hydrogen-bond donors (Lipinski definition) is 2. The molecule has 0 unspecified atom stereocenters. The second kappa shape index (κ2) is 5.98. The van der Waals surface area contributed by atoms with Gasteiger partial charge >= 0.3 is 12.1 Å². The van der Waals surface area contributed by atoms with Crippen LogP contribution in [0.1, 0.15) is 20.8 Å². The van der Waals surface area contributed by atoms with Crippen molar-refractivity contribution < 1.29 is 19.4 Å². The molecule has 0 bridgehead atoms. The van der Waals surface area contributed by atoms with Crippen molar-refractivity contribution in [2.75, 3.05) is 11.6 Å². The summed E-state index contributed by atoms with van der Waals surface area (Å²) < 4.78 is 5.03. The lowest BCUT2D eigenvalue weighted by atomic mass is 10.2. The van der Waals surface area contributed by atoms with Gasteiger partial charge in [-0.05, 0) is 26.8 Å². The molecule has 1 aromatic rings. The summed E-state index contributed by atoms with van der Waals surface area (Å²) in [5.74, 6) is -1.07. The number of nitrogens with one attached hydrogen (secondary N) is 1. The number of aliphatic carboxylic acids is 1. The highest BCUT2D eigenvalue weighted by molar-refractivity contribution is 5.76. The molecule has 0 atom stereocenters. The van der Waals surface area contributed by atoms with Crippen LogP contribution in [0.4, 0.5) is 10.7 Å². The highest BCUT2D eigenvalue weighted by Gasteiger charge is 2.21. The monoisotopic (exact) mass is 268 g/mol. The summed E-state index contributed by atoms with van der Waals surface area (Å²) in [5, 5.41) is 9.80. The summed E-state index contributed by atoms with van der Waals surface area (Å²) in [6.07, 6.45) is 2.10. The summed E-state index contributed by atoms with van der Waals surface area (Å²) >= 11 is 0. The summed E-state index contributed by atoms with van der Waals surface area (Å²) in [4.78, 5) is 30.1. The van der Waals surface area contributed by atoms with E-state index in [1.807, 2.05) is 0 Å². The van der Waals surface area contributed by atoms with E-state index in [1.54, 1.807) is 26.8 Å². The van der Waals surface area contributed by atoms with E-state index in [9.17, 15) is 9.59 Å². The van der Waals surface area contributed by atoms with Gasteiger partial charge in [0.25, 0.3) is 0 Å². The number of anilines is 1. The quantitative estimate of drug-likeness (QED) is 0.778. The van der Waals surface area contributed by atoms with E-state index in [4.69, 9.17) is 9.84 Å². The summed E-state index contributed by atoms with van der Waals surface area (Å²) in [5.41, 5.74) is 1.60. The van der Waals surface area contributed by atoms with Crippen molar-refractivity contribution in [2.45, 2.75) is 26.4 Å². The van der Waals surface area contributed by atoms with Gasteiger partial charge in [0, 0.05) is 12.4 Å². The molecular formula is C11H16N4O4. The van der Waals surface area contributed by atoms with Crippen molar-refractivity contribution in [1.29, 1.82) is 0 Å². The Kier molecular flexibility index (Phi) is 4.62. The van der Waals surface area contributed by atoms with Gasteiger partial charge < -0.3 is 9.84 Å². The Morgan fingerprint density at radius 1 is 1.37 bits per heavy atom. The number of carboxylic acid groups (broad SMARTS) is 1. The number of carbonyl (C=O) groups is 2. The highest BCUT2D eigenvalue weighted by atomic mass is 16.6. The molecule has 104 valence electrons.